The van der Waals surface area contributed by atoms with Crippen LogP contribution >= 0.6 is 0 Å². The van der Waals surface area contributed by atoms with E-state index >= 15 is 0 Å². The van der Waals surface area contributed by atoms with Crippen molar-refractivity contribution in [1.29, 1.82) is 0 Å². The normalized spacial score (nSPS) is 13.4. The summed E-state index contributed by atoms with van der Waals surface area (Å²) in [4.78, 5) is 12.2. The van der Waals surface area contributed by atoms with Crippen molar-refractivity contribution in [3.8, 4) is 0 Å². The number of rotatable bonds is 42. The van der Waals surface area contributed by atoms with Crippen LogP contribution in [-0.2, 0) is 14.3 Å². The predicted octanol–water partition coefficient (Wildman–Crippen LogP) is 15.9. The molecule has 0 aliphatic carbocycles. The number of esters is 1. The topological polar surface area (TPSA) is 55.8 Å². The highest BCUT2D eigenvalue weighted by Gasteiger charge is 2.13. The summed E-state index contributed by atoms with van der Waals surface area (Å²) in [6.07, 6.45) is 71.5. The molecule has 4 nitrogen and oxygen atoms in total. The van der Waals surface area contributed by atoms with Gasteiger partial charge in [-0.25, -0.2) is 0 Å². The number of allylic oxidation sites excluding steroid dienone is 18. The molecule has 0 bridgehead atoms. The average Bonchev–Trinajstić information content (AvgIpc) is 3.22. The van der Waals surface area contributed by atoms with Gasteiger partial charge >= 0.3 is 5.97 Å². The van der Waals surface area contributed by atoms with Crippen molar-refractivity contribution >= 4 is 5.97 Å². The molecular formula is C53H88O4. The Morgan fingerprint density at radius 1 is 0.439 bits per heavy atom. The van der Waals surface area contributed by atoms with Crippen LogP contribution in [0.3, 0.4) is 0 Å². The molecule has 0 fully saturated rings. The van der Waals surface area contributed by atoms with Gasteiger partial charge in [0.2, 0.25) is 0 Å². The van der Waals surface area contributed by atoms with E-state index in [0.717, 1.165) is 96.3 Å². The van der Waals surface area contributed by atoms with Gasteiger partial charge in [0.1, 0.15) is 6.10 Å². The van der Waals surface area contributed by atoms with E-state index in [4.69, 9.17) is 9.47 Å². The molecule has 0 aliphatic rings. The van der Waals surface area contributed by atoms with Crippen LogP contribution in [0.1, 0.15) is 194 Å². The fourth-order valence-electron chi connectivity index (χ4n) is 6.10. The first kappa shape index (κ1) is 54.0. The Morgan fingerprint density at radius 2 is 0.789 bits per heavy atom. The molecule has 324 valence electrons. The molecule has 0 aromatic rings. The maximum absolute atomic E-state index is 12.2. The quantitative estimate of drug-likeness (QED) is 0.0380. The van der Waals surface area contributed by atoms with Crippen LogP contribution in [0, 0.1) is 0 Å². The third-order valence-electron chi connectivity index (χ3n) is 9.58. The summed E-state index contributed by atoms with van der Waals surface area (Å²) in [6, 6.07) is 0. The maximum Gasteiger partial charge on any atom is 0.306 e. The highest BCUT2D eigenvalue weighted by atomic mass is 16.6. The van der Waals surface area contributed by atoms with Gasteiger partial charge in [0.15, 0.2) is 0 Å². The van der Waals surface area contributed by atoms with Gasteiger partial charge in [-0.2, -0.15) is 0 Å². The second-order valence-electron chi connectivity index (χ2n) is 15.1. The van der Waals surface area contributed by atoms with Gasteiger partial charge < -0.3 is 14.6 Å². The van der Waals surface area contributed by atoms with Crippen LogP contribution in [0.15, 0.2) is 109 Å². The molecule has 0 rings (SSSR count). The minimum atomic E-state index is -0.561. The molecule has 0 saturated carbocycles. The van der Waals surface area contributed by atoms with Gasteiger partial charge in [-0.3, -0.25) is 4.79 Å². The molecule has 1 atom stereocenters. The zero-order chi connectivity index (χ0) is 41.2. The summed E-state index contributed by atoms with van der Waals surface area (Å²) in [5.74, 6) is -0.224. The monoisotopic (exact) mass is 789 g/mol. The summed E-state index contributed by atoms with van der Waals surface area (Å²) in [7, 11) is 0. The van der Waals surface area contributed by atoms with Gasteiger partial charge in [-0.05, 0) is 103 Å². The fourth-order valence-corrected chi connectivity index (χ4v) is 6.10. The fraction of sp³-hybridized carbons (Fsp3) is 0.642. The van der Waals surface area contributed by atoms with Crippen molar-refractivity contribution in [3.63, 3.8) is 0 Å². The number of aliphatic hydroxyl groups is 1. The van der Waals surface area contributed by atoms with E-state index in [0.29, 0.717) is 13.0 Å². The first-order valence-electron chi connectivity index (χ1n) is 23.5. The van der Waals surface area contributed by atoms with Crippen molar-refractivity contribution in [2.24, 2.45) is 0 Å². The number of aliphatic hydroxyl groups excluding tert-OH is 1. The SMILES string of the molecule is CC/C=C\C/C=C\C/C=C\C/C=C\C/C=C\C/C=C\CCCCCCCOCC(CO)OC(=O)CCCCCCCC/C=C\C/C=C\C/C=C\CCCCCCC. The molecule has 0 aliphatic heterocycles. The van der Waals surface area contributed by atoms with Gasteiger partial charge in [0.05, 0.1) is 13.2 Å². The number of unbranched alkanes of at least 4 members (excludes halogenated alkanes) is 16. The first-order valence-corrected chi connectivity index (χ1v) is 23.5. The molecule has 0 aromatic heterocycles. The molecule has 0 spiro atoms. The number of carbonyl (C=O) groups excluding carboxylic acids is 1. The molecule has 1 N–H and O–H groups in total. The third-order valence-corrected chi connectivity index (χ3v) is 9.58. The Labute approximate surface area is 353 Å². The number of hydrogen-bond acceptors (Lipinski definition) is 4. The lowest BCUT2D eigenvalue weighted by molar-refractivity contribution is -0.154. The molecule has 0 amide bonds. The average molecular weight is 789 g/mol. The standard InChI is InChI=1S/C53H88O4/c1-3-5-7-9-11-13-15-17-19-21-23-25-26-27-29-31-33-35-37-39-41-43-45-47-49-56-51-52(50-54)57-53(55)48-46-44-42-40-38-36-34-32-30-28-24-22-20-18-16-14-12-10-8-6-4-2/h5,7,11,13,16-19,22-25,27,29-30,32-33,35,52,54H,3-4,6,8-10,12,14-15,20-21,26,28,31,34,36-51H2,1-2H3/b7-5-,13-11-,18-16-,19-17-,24-22-,25-23-,29-27-,32-30-,35-33-. The number of carbonyl (C=O) groups is 1. The summed E-state index contributed by atoms with van der Waals surface area (Å²) in [5.41, 5.74) is 0. The highest BCUT2D eigenvalue weighted by Crippen LogP contribution is 2.11. The molecule has 0 radical (unpaired) electrons. The molecular weight excluding hydrogens is 701 g/mol. The van der Waals surface area contributed by atoms with Crippen LogP contribution in [0.5, 0.6) is 0 Å². The maximum atomic E-state index is 12.2. The number of hydrogen-bond donors (Lipinski definition) is 1. The smallest absolute Gasteiger partial charge is 0.306 e. The van der Waals surface area contributed by atoms with Crippen molar-refractivity contribution in [1.82, 2.24) is 0 Å². The van der Waals surface area contributed by atoms with Gasteiger partial charge in [0, 0.05) is 13.0 Å². The molecule has 0 heterocycles. The van der Waals surface area contributed by atoms with Gasteiger partial charge in [-0.1, -0.05) is 194 Å². The largest absolute Gasteiger partial charge is 0.457 e. The highest BCUT2D eigenvalue weighted by molar-refractivity contribution is 5.69. The van der Waals surface area contributed by atoms with Crippen LogP contribution < -0.4 is 0 Å². The molecule has 57 heavy (non-hydrogen) atoms. The third kappa shape index (κ3) is 47.3. The Bertz CT molecular complexity index is 1100. The van der Waals surface area contributed by atoms with Crippen LogP contribution in [-0.4, -0.2) is 37.0 Å². The van der Waals surface area contributed by atoms with E-state index < -0.39 is 6.10 Å². The summed E-state index contributed by atoms with van der Waals surface area (Å²) in [5, 5.41) is 9.63. The van der Waals surface area contributed by atoms with Gasteiger partial charge in [-0.15, -0.1) is 0 Å². The van der Waals surface area contributed by atoms with Gasteiger partial charge in [0.25, 0.3) is 0 Å². The number of ether oxygens (including phenoxy) is 2. The van der Waals surface area contributed by atoms with Crippen LogP contribution in [0.4, 0.5) is 0 Å². The van der Waals surface area contributed by atoms with Crippen molar-refractivity contribution in [3.05, 3.63) is 109 Å². The Hall–Kier alpha value is -2.95. The summed E-state index contributed by atoms with van der Waals surface area (Å²) < 4.78 is 11.2. The second kappa shape index (κ2) is 49.2. The Kier molecular flexibility index (Phi) is 46.7. The molecule has 0 saturated heterocycles. The van der Waals surface area contributed by atoms with E-state index in [1.165, 1.54) is 77.0 Å². The second-order valence-corrected chi connectivity index (χ2v) is 15.1. The predicted molar refractivity (Wildman–Crippen MR) is 251 cm³/mol. The first-order chi connectivity index (χ1) is 28.2. The van der Waals surface area contributed by atoms with Crippen molar-refractivity contribution < 1.29 is 19.4 Å². The minimum absolute atomic E-state index is 0.193. The minimum Gasteiger partial charge on any atom is -0.457 e. The Balaban J connectivity index is 3.56. The molecule has 0 aromatic carbocycles. The lowest BCUT2D eigenvalue weighted by Gasteiger charge is -2.15. The van der Waals surface area contributed by atoms with E-state index in [9.17, 15) is 9.90 Å². The van der Waals surface area contributed by atoms with Crippen LogP contribution in [0.2, 0.25) is 0 Å². The lowest BCUT2D eigenvalue weighted by Crippen LogP contribution is -2.27. The molecule has 4 heteroatoms. The van der Waals surface area contributed by atoms with E-state index in [1.54, 1.807) is 0 Å². The zero-order valence-corrected chi connectivity index (χ0v) is 37.1. The van der Waals surface area contributed by atoms with E-state index in [-0.39, 0.29) is 19.2 Å². The van der Waals surface area contributed by atoms with E-state index in [1.807, 2.05) is 0 Å². The Morgan fingerprint density at radius 3 is 1.19 bits per heavy atom. The molecule has 1 unspecified atom stereocenters. The lowest BCUT2D eigenvalue weighted by atomic mass is 10.1. The summed E-state index contributed by atoms with van der Waals surface area (Å²) >= 11 is 0. The van der Waals surface area contributed by atoms with Crippen LogP contribution in [0.25, 0.3) is 0 Å². The van der Waals surface area contributed by atoms with Crippen molar-refractivity contribution in [2.75, 3.05) is 19.8 Å². The summed E-state index contributed by atoms with van der Waals surface area (Å²) in [6.45, 7) is 5.15. The van der Waals surface area contributed by atoms with E-state index in [2.05, 4.69) is 123 Å². The zero-order valence-electron chi connectivity index (χ0n) is 37.1. The van der Waals surface area contributed by atoms with Crippen molar-refractivity contribution in [2.45, 2.75) is 200 Å².